The topological polar surface area (TPSA) is 55.2 Å². The quantitative estimate of drug-likeness (QED) is 0.923. The first-order valence-electron chi connectivity index (χ1n) is 5.53. The van der Waals surface area contributed by atoms with Crippen molar-refractivity contribution in [2.75, 3.05) is 0 Å². The van der Waals surface area contributed by atoms with Gasteiger partial charge >= 0.3 is 0 Å². The summed E-state index contributed by atoms with van der Waals surface area (Å²) in [5, 5.41) is 9.89. The van der Waals surface area contributed by atoms with E-state index in [4.69, 9.17) is 16.3 Å². The summed E-state index contributed by atoms with van der Waals surface area (Å²) < 4.78 is 5.52. The minimum Gasteiger partial charge on any atom is -0.484 e. The standard InChI is InChI=1S/C13H13ClN2O2/c1-9(17)10-3-4-12(11(14)7-10)18-8-13-15-5-2-6-16-13/h2-7,9,17H,8H2,1H3/t9-/m1/s1. The highest BCUT2D eigenvalue weighted by atomic mass is 35.5. The second-order valence-electron chi connectivity index (χ2n) is 3.82. The molecule has 1 aromatic heterocycles. The van der Waals surface area contributed by atoms with Gasteiger partial charge in [0.15, 0.2) is 5.82 Å². The van der Waals surface area contributed by atoms with E-state index in [2.05, 4.69) is 9.97 Å². The van der Waals surface area contributed by atoms with E-state index in [1.54, 1.807) is 43.6 Å². The van der Waals surface area contributed by atoms with Gasteiger partial charge in [0.1, 0.15) is 12.4 Å². The molecule has 0 saturated carbocycles. The number of halogens is 1. The van der Waals surface area contributed by atoms with E-state index in [9.17, 15) is 5.11 Å². The Hall–Kier alpha value is -1.65. The first-order valence-corrected chi connectivity index (χ1v) is 5.91. The number of aliphatic hydroxyl groups excluding tert-OH is 1. The Morgan fingerprint density at radius 2 is 2.06 bits per heavy atom. The van der Waals surface area contributed by atoms with Gasteiger partial charge in [0.05, 0.1) is 11.1 Å². The summed E-state index contributed by atoms with van der Waals surface area (Å²) in [5.74, 6) is 1.14. The van der Waals surface area contributed by atoms with Crippen molar-refractivity contribution in [3.63, 3.8) is 0 Å². The van der Waals surface area contributed by atoms with Crippen LogP contribution in [0.5, 0.6) is 5.75 Å². The van der Waals surface area contributed by atoms with E-state index < -0.39 is 6.10 Å². The molecule has 1 N–H and O–H groups in total. The smallest absolute Gasteiger partial charge is 0.166 e. The molecule has 0 fully saturated rings. The monoisotopic (exact) mass is 264 g/mol. The largest absolute Gasteiger partial charge is 0.484 e. The summed E-state index contributed by atoms with van der Waals surface area (Å²) >= 11 is 6.06. The van der Waals surface area contributed by atoms with Crippen LogP contribution in [0.3, 0.4) is 0 Å². The van der Waals surface area contributed by atoms with Gasteiger partial charge in [0.25, 0.3) is 0 Å². The Morgan fingerprint density at radius 1 is 1.33 bits per heavy atom. The molecular formula is C13H13ClN2O2. The Labute approximate surface area is 110 Å². The molecule has 2 aromatic rings. The Morgan fingerprint density at radius 3 is 2.67 bits per heavy atom. The average Bonchev–Trinajstić information content (AvgIpc) is 2.38. The molecule has 0 saturated heterocycles. The number of ether oxygens (including phenoxy) is 1. The second-order valence-corrected chi connectivity index (χ2v) is 4.23. The maximum Gasteiger partial charge on any atom is 0.166 e. The van der Waals surface area contributed by atoms with E-state index in [-0.39, 0.29) is 6.61 Å². The van der Waals surface area contributed by atoms with Gasteiger partial charge in [-0.25, -0.2) is 9.97 Å². The molecular weight excluding hydrogens is 252 g/mol. The molecule has 1 atom stereocenters. The normalized spacial score (nSPS) is 12.2. The molecule has 1 heterocycles. The lowest BCUT2D eigenvalue weighted by atomic mass is 10.1. The van der Waals surface area contributed by atoms with E-state index in [0.29, 0.717) is 16.6 Å². The predicted octanol–water partition coefficient (Wildman–Crippen LogP) is 2.76. The predicted molar refractivity (Wildman–Crippen MR) is 68.4 cm³/mol. The van der Waals surface area contributed by atoms with Crippen LogP contribution in [0.25, 0.3) is 0 Å². The zero-order valence-corrected chi connectivity index (χ0v) is 10.6. The molecule has 18 heavy (non-hydrogen) atoms. The maximum atomic E-state index is 9.43. The Bertz CT molecular complexity index is 518. The molecule has 0 aliphatic rings. The van der Waals surface area contributed by atoms with Crippen molar-refractivity contribution < 1.29 is 9.84 Å². The summed E-state index contributed by atoms with van der Waals surface area (Å²) in [5.41, 5.74) is 0.753. The average molecular weight is 265 g/mol. The fourth-order valence-corrected chi connectivity index (χ4v) is 1.68. The molecule has 0 aliphatic heterocycles. The Balaban J connectivity index is 2.06. The molecule has 0 spiro atoms. The molecule has 0 amide bonds. The van der Waals surface area contributed by atoms with Crippen molar-refractivity contribution >= 4 is 11.6 Å². The van der Waals surface area contributed by atoms with Crippen LogP contribution in [-0.2, 0) is 6.61 Å². The van der Waals surface area contributed by atoms with Crippen LogP contribution in [0, 0.1) is 0 Å². The summed E-state index contributed by atoms with van der Waals surface area (Å²) in [7, 11) is 0. The van der Waals surface area contributed by atoms with E-state index in [0.717, 1.165) is 5.56 Å². The van der Waals surface area contributed by atoms with Crippen molar-refractivity contribution in [2.45, 2.75) is 19.6 Å². The zero-order chi connectivity index (χ0) is 13.0. The molecule has 0 radical (unpaired) electrons. The van der Waals surface area contributed by atoms with Crippen LogP contribution in [-0.4, -0.2) is 15.1 Å². The van der Waals surface area contributed by atoms with Crippen LogP contribution >= 0.6 is 11.6 Å². The third kappa shape index (κ3) is 3.18. The number of benzene rings is 1. The van der Waals surface area contributed by atoms with Gasteiger partial charge < -0.3 is 9.84 Å². The fourth-order valence-electron chi connectivity index (χ4n) is 1.44. The van der Waals surface area contributed by atoms with Gasteiger partial charge in [-0.05, 0) is 30.7 Å². The third-order valence-electron chi connectivity index (χ3n) is 2.41. The number of hydrogen-bond acceptors (Lipinski definition) is 4. The number of aliphatic hydroxyl groups is 1. The molecule has 2 rings (SSSR count). The molecule has 94 valence electrons. The Kier molecular flexibility index (Phi) is 4.12. The summed E-state index contributed by atoms with van der Waals surface area (Å²) in [6.07, 6.45) is 2.77. The van der Waals surface area contributed by atoms with Crippen molar-refractivity contribution in [3.8, 4) is 5.75 Å². The van der Waals surface area contributed by atoms with Crippen molar-refractivity contribution in [3.05, 3.63) is 53.1 Å². The lowest BCUT2D eigenvalue weighted by molar-refractivity contribution is 0.199. The van der Waals surface area contributed by atoms with Crippen molar-refractivity contribution in [1.82, 2.24) is 9.97 Å². The van der Waals surface area contributed by atoms with Gasteiger partial charge in [-0.3, -0.25) is 0 Å². The van der Waals surface area contributed by atoms with E-state index >= 15 is 0 Å². The van der Waals surface area contributed by atoms with Gasteiger partial charge in [-0.15, -0.1) is 0 Å². The van der Waals surface area contributed by atoms with Crippen molar-refractivity contribution in [2.24, 2.45) is 0 Å². The van der Waals surface area contributed by atoms with E-state index in [1.807, 2.05) is 0 Å². The minimum atomic E-state index is -0.547. The molecule has 0 unspecified atom stereocenters. The van der Waals surface area contributed by atoms with Crippen molar-refractivity contribution in [1.29, 1.82) is 0 Å². The number of nitrogens with zero attached hydrogens (tertiary/aromatic N) is 2. The number of hydrogen-bond donors (Lipinski definition) is 1. The summed E-state index contributed by atoms with van der Waals surface area (Å²) in [4.78, 5) is 8.10. The molecule has 1 aromatic carbocycles. The first kappa shape index (κ1) is 12.8. The number of aromatic nitrogens is 2. The highest BCUT2D eigenvalue weighted by Crippen LogP contribution is 2.28. The molecule has 4 nitrogen and oxygen atoms in total. The number of rotatable bonds is 4. The molecule has 5 heteroatoms. The van der Waals surface area contributed by atoms with E-state index in [1.165, 1.54) is 0 Å². The zero-order valence-electron chi connectivity index (χ0n) is 9.88. The summed E-state index contributed by atoms with van der Waals surface area (Å²) in [6, 6.07) is 6.94. The van der Waals surface area contributed by atoms with Gasteiger partial charge in [-0.2, -0.15) is 0 Å². The molecule has 0 aliphatic carbocycles. The highest BCUT2D eigenvalue weighted by Gasteiger charge is 2.07. The van der Waals surface area contributed by atoms with Gasteiger partial charge in [-0.1, -0.05) is 17.7 Å². The molecule has 0 bridgehead atoms. The van der Waals surface area contributed by atoms with Crippen LogP contribution in [0.15, 0.2) is 36.7 Å². The summed E-state index contributed by atoms with van der Waals surface area (Å²) in [6.45, 7) is 1.94. The first-order chi connectivity index (χ1) is 8.66. The minimum absolute atomic E-state index is 0.259. The highest BCUT2D eigenvalue weighted by molar-refractivity contribution is 6.32. The van der Waals surface area contributed by atoms with Gasteiger partial charge in [0, 0.05) is 12.4 Å². The third-order valence-corrected chi connectivity index (χ3v) is 2.71. The van der Waals surface area contributed by atoms with Gasteiger partial charge in [0.2, 0.25) is 0 Å². The second kappa shape index (κ2) is 5.80. The van der Waals surface area contributed by atoms with Crippen LogP contribution in [0.2, 0.25) is 5.02 Å². The lowest BCUT2D eigenvalue weighted by Gasteiger charge is -2.10. The SMILES string of the molecule is C[C@@H](O)c1ccc(OCc2ncccn2)c(Cl)c1. The fraction of sp³-hybridized carbons (Fsp3) is 0.231. The van der Waals surface area contributed by atoms with Crippen LogP contribution in [0.1, 0.15) is 24.4 Å². The lowest BCUT2D eigenvalue weighted by Crippen LogP contribution is -2.01. The van der Waals surface area contributed by atoms with Crippen LogP contribution in [0.4, 0.5) is 0 Å². The maximum absolute atomic E-state index is 9.43. The van der Waals surface area contributed by atoms with Crippen LogP contribution < -0.4 is 4.74 Å².